The Morgan fingerprint density at radius 3 is 2.45 bits per heavy atom. The van der Waals surface area contributed by atoms with Gasteiger partial charge in [0.15, 0.2) is 0 Å². The summed E-state index contributed by atoms with van der Waals surface area (Å²) < 4.78 is 11.2. The van der Waals surface area contributed by atoms with E-state index >= 15 is 0 Å². The lowest BCUT2D eigenvalue weighted by Gasteiger charge is -2.38. The van der Waals surface area contributed by atoms with Gasteiger partial charge in [0.1, 0.15) is 5.60 Å². The Labute approximate surface area is 174 Å². The number of likely N-dealkylation sites (N-methyl/N-ethyl adjacent to an activating group) is 1. The van der Waals surface area contributed by atoms with Crippen LogP contribution in [0.15, 0.2) is 0 Å². The number of ether oxygens (including phenoxy) is 2. The molecule has 4 heterocycles. The van der Waals surface area contributed by atoms with Crippen molar-refractivity contribution in [3.05, 3.63) is 0 Å². The van der Waals surface area contributed by atoms with Crippen molar-refractivity contribution in [2.75, 3.05) is 78.7 Å². The molecule has 4 aliphatic rings. The molecular formula is C21H36N4O4. The molecule has 2 amide bonds. The Morgan fingerprint density at radius 1 is 1.07 bits per heavy atom. The van der Waals surface area contributed by atoms with Gasteiger partial charge in [-0.25, -0.2) is 4.79 Å². The third-order valence-electron chi connectivity index (χ3n) is 7.12. The molecule has 8 nitrogen and oxygen atoms in total. The number of carbonyl (C=O) groups is 2. The van der Waals surface area contributed by atoms with Crippen LogP contribution < -0.4 is 0 Å². The highest BCUT2D eigenvalue weighted by atomic mass is 16.6. The summed E-state index contributed by atoms with van der Waals surface area (Å²) in [7, 11) is 0. The van der Waals surface area contributed by atoms with E-state index in [9.17, 15) is 9.59 Å². The van der Waals surface area contributed by atoms with Gasteiger partial charge in [0.2, 0.25) is 5.91 Å². The van der Waals surface area contributed by atoms with Crippen LogP contribution in [0.2, 0.25) is 0 Å². The Balaban J connectivity index is 1.19. The van der Waals surface area contributed by atoms with Crippen LogP contribution in [-0.4, -0.2) is 116 Å². The lowest BCUT2D eigenvalue weighted by Crippen LogP contribution is -2.50. The lowest BCUT2D eigenvalue weighted by atomic mass is 9.90. The molecule has 0 radical (unpaired) electrons. The zero-order valence-electron chi connectivity index (χ0n) is 17.8. The molecule has 0 N–H and O–H groups in total. The summed E-state index contributed by atoms with van der Waals surface area (Å²) in [6.07, 6.45) is 3.13. The molecule has 4 rings (SSSR count). The van der Waals surface area contributed by atoms with Crippen molar-refractivity contribution in [3.8, 4) is 0 Å². The average Bonchev–Trinajstić information content (AvgIpc) is 3.38. The maximum atomic E-state index is 12.6. The first kappa shape index (κ1) is 20.9. The average molecular weight is 409 g/mol. The van der Waals surface area contributed by atoms with Crippen molar-refractivity contribution in [2.24, 2.45) is 5.92 Å². The molecule has 4 aliphatic heterocycles. The van der Waals surface area contributed by atoms with E-state index in [1.54, 1.807) is 0 Å². The molecular weight excluding hydrogens is 372 g/mol. The van der Waals surface area contributed by atoms with E-state index in [4.69, 9.17) is 9.47 Å². The van der Waals surface area contributed by atoms with Gasteiger partial charge in [0, 0.05) is 65.3 Å². The molecule has 0 bridgehead atoms. The number of piperidine rings is 1. The molecule has 4 fully saturated rings. The summed E-state index contributed by atoms with van der Waals surface area (Å²) in [5.74, 6) is 0.229. The van der Waals surface area contributed by atoms with Crippen LogP contribution in [0.25, 0.3) is 0 Å². The predicted octanol–water partition coefficient (Wildman–Crippen LogP) is 0.864. The lowest BCUT2D eigenvalue weighted by molar-refractivity contribution is -0.138. The number of piperazine rings is 1. The minimum absolute atomic E-state index is 0.0193. The van der Waals surface area contributed by atoms with Crippen molar-refractivity contribution in [1.29, 1.82) is 0 Å². The van der Waals surface area contributed by atoms with Crippen molar-refractivity contribution in [3.63, 3.8) is 0 Å². The van der Waals surface area contributed by atoms with E-state index in [1.807, 2.05) is 9.80 Å². The summed E-state index contributed by atoms with van der Waals surface area (Å²) >= 11 is 0. The maximum Gasteiger partial charge on any atom is 0.410 e. The molecule has 29 heavy (non-hydrogen) atoms. The van der Waals surface area contributed by atoms with Gasteiger partial charge in [0.05, 0.1) is 19.1 Å². The van der Waals surface area contributed by atoms with E-state index < -0.39 is 5.60 Å². The van der Waals surface area contributed by atoms with Crippen LogP contribution in [-0.2, 0) is 14.3 Å². The number of carbonyl (C=O) groups excluding carboxylic acids is 2. The number of nitrogens with zero attached hydrogens (tertiary/aromatic N) is 4. The van der Waals surface area contributed by atoms with Gasteiger partial charge in [-0.05, 0) is 25.9 Å². The zero-order valence-corrected chi connectivity index (χ0v) is 17.8. The minimum Gasteiger partial charge on any atom is -0.441 e. The predicted molar refractivity (Wildman–Crippen MR) is 109 cm³/mol. The second-order valence-corrected chi connectivity index (χ2v) is 8.99. The highest BCUT2D eigenvalue weighted by molar-refractivity contribution is 5.79. The molecule has 1 spiro atoms. The van der Waals surface area contributed by atoms with E-state index in [0.29, 0.717) is 32.8 Å². The van der Waals surface area contributed by atoms with Crippen molar-refractivity contribution >= 4 is 12.0 Å². The third kappa shape index (κ3) is 4.86. The highest BCUT2D eigenvalue weighted by Crippen LogP contribution is 2.34. The summed E-state index contributed by atoms with van der Waals surface area (Å²) in [5, 5.41) is 0. The largest absolute Gasteiger partial charge is 0.441 e. The number of hydrogen-bond acceptors (Lipinski definition) is 6. The first-order valence-electron chi connectivity index (χ1n) is 11.4. The number of hydrogen-bond donors (Lipinski definition) is 0. The topological polar surface area (TPSA) is 65.6 Å². The fraction of sp³-hybridized carbons (Fsp3) is 0.905. The minimum atomic E-state index is -0.396. The second-order valence-electron chi connectivity index (χ2n) is 8.99. The van der Waals surface area contributed by atoms with Crippen molar-refractivity contribution < 1.29 is 19.1 Å². The third-order valence-corrected chi connectivity index (χ3v) is 7.12. The van der Waals surface area contributed by atoms with Gasteiger partial charge in [-0.2, -0.15) is 0 Å². The maximum absolute atomic E-state index is 12.6. The smallest absolute Gasteiger partial charge is 0.410 e. The molecule has 164 valence electrons. The SMILES string of the molecule is CCN1CCN(CCCN2CC3(CCN(C(=O)[C@@H]4CCOC4)CC3)OC2=O)CC1. The molecule has 0 unspecified atom stereocenters. The van der Waals surface area contributed by atoms with Crippen molar-refractivity contribution in [1.82, 2.24) is 19.6 Å². The van der Waals surface area contributed by atoms with Crippen LogP contribution >= 0.6 is 0 Å². The monoisotopic (exact) mass is 408 g/mol. The molecule has 1 atom stereocenters. The van der Waals surface area contributed by atoms with Gasteiger partial charge < -0.3 is 29.1 Å². The summed E-state index contributed by atoms with van der Waals surface area (Å²) in [6.45, 7) is 13.0. The highest BCUT2D eigenvalue weighted by Gasteiger charge is 2.47. The van der Waals surface area contributed by atoms with Crippen LogP contribution in [0.3, 0.4) is 0 Å². The van der Waals surface area contributed by atoms with Gasteiger partial charge in [-0.15, -0.1) is 0 Å². The molecule has 8 heteroatoms. The Hall–Kier alpha value is -1.38. The zero-order chi connectivity index (χ0) is 20.3. The number of rotatable bonds is 6. The molecule has 4 saturated heterocycles. The first-order chi connectivity index (χ1) is 14.1. The van der Waals surface area contributed by atoms with Crippen LogP contribution in [0.1, 0.15) is 32.6 Å². The molecule has 0 aliphatic carbocycles. The Morgan fingerprint density at radius 2 is 1.79 bits per heavy atom. The molecule has 0 aromatic carbocycles. The quantitative estimate of drug-likeness (QED) is 0.650. The summed E-state index contributed by atoms with van der Waals surface area (Å²) in [4.78, 5) is 33.8. The van der Waals surface area contributed by atoms with Crippen LogP contribution in [0, 0.1) is 5.92 Å². The second kappa shape index (κ2) is 9.18. The molecule has 0 aromatic rings. The van der Waals surface area contributed by atoms with Crippen molar-refractivity contribution in [2.45, 2.75) is 38.2 Å². The van der Waals surface area contributed by atoms with Gasteiger partial charge in [-0.3, -0.25) is 4.79 Å². The number of amides is 2. The van der Waals surface area contributed by atoms with Gasteiger partial charge in [0.25, 0.3) is 0 Å². The Kier molecular flexibility index (Phi) is 6.61. The van der Waals surface area contributed by atoms with Gasteiger partial charge >= 0.3 is 6.09 Å². The normalized spacial score (nSPS) is 28.3. The van der Waals surface area contributed by atoms with E-state index in [-0.39, 0.29) is 17.9 Å². The Bertz CT molecular complexity index is 579. The van der Waals surface area contributed by atoms with Crippen LogP contribution in [0.5, 0.6) is 0 Å². The summed E-state index contributed by atoms with van der Waals surface area (Å²) in [6, 6.07) is 0. The first-order valence-corrected chi connectivity index (χ1v) is 11.4. The molecule has 0 aromatic heterocycles. The van der Waals surface area contributed by atoms with Crippen LogP contribution in [0.4, 0.5) is 4.79 Å². The summed E-state index contributed by atoms with van der Waals surface area (Å²) in [5.41, 5.74) is -0.396. The number of likely N-dealkylation sites (tertiary alicyclic amines) is 1. The van der Waals surface area contributed by atoms with E-state index in [0.717, 1.165) is 71.5 Å². The molecule has 0 saturated carbocycles. The van der Waals surface area contributed by atoms with E-state index in [1.165, 1.54) is 0 Å². The standard InChI is InChI=1S/C21H36N4O4/c1-2-22-11-13-23(14-12-22)7-3-8-25-17-21(29-20(25)27)5-9-24(10-6-21)19(26)18-4-15-28-16-18/h18H,2-17H2,1H3/t18-/m1/s1. The fourth-order valence-electron chi connectivity index (χ4n) is 5.06. The van der Waals surface area contributed by atoms with Gasteiger partial charge in [-0.1, -0.05) is 6.92 Å². The van der Waals surface area contributed by atoms with E-state index in [2.05, 4.69) is 16.7 Å². The fourth-order valence-corrected chi connectivity index (χ4v) is 5.06.